The fourth-order valence-corrected chi connectivity index (χ4v) is 2.66. The summed E-state index contributed by atoms with van der Waals surface area (Å²) in [5.74, 6) is 2.92. The minimum Gasteiger partial charge on any atom is -0.486 e. The second-order valence-electron chi connectivity index (χ2n) is 6.47. The molecular formula is C23H24O2. The molecule has 25 heavy (non-hydrogen) atoms. The summed E-state index contributed by atoms with van der Waals surface area (Å²) < 4.78 is 12.0. The highest BCUT2D eigenvalue weighted by atomic mass is 16.5. The summed E-state index contributed by atoms with van der Waals surface area (Å²) in [5.41, 5.74) is 2.46. The predicted molar refractivity (Wildman–Crippen MR) is 103 cm³/mol. The van der Waals surface area contributed by atoms with Gasteiger partial charge >= 0.3 is 0 Å². The summed E-state index contributed by atoms with van der Waals surface area (Å²) in [6.07, 6.45) is -0.0122. The van der Waals surface area contributed by atoms with Crippen molar-refractivity contribution in [2.24, 2.45) is 0 Å². The van der Waals surface area contributed by atoms with Crippen LogP contribution in [0.25, 0.3) is 0 Å². The highest BCUT2D eigenvalue weighted by molar-refractivity contribution is 5.38. The van der Waals surface area contributed by atoms with E-state index in [0.717, 1.165) is 22.8 Å². The van der Waals surface area contributed by atoms with Gasteiger partial charge in [0.1, 0.15) is 23.4 Å². The third kappa shape index (κ3) is 4.63. The number of hydrogen-bond donors (Lipinski definition) is 0. The Bertz CT molecular complexity index is 792. The van der Waals surface area contributed by atoms with Crippen LogP contribution in [0.1, 0.15) is 43.9 Å². The molecule has 3 rings (SSSR count). The molecule has 128 valence electrons. The van der Waals surface area contributed by atoms with E-state index in [1.54, 1.807) is 0 Å². The Kier molecular flexibility index (Phi) is 5.39. The molecule has 0 amide bonds. The Balaban J connectivity index is 1.69. The minimum absolute atomic E-state index is 0.0122. The van der Waals surface area contributed by atoms with E-state index in [4.69, 9.17) is 9.47 Å². The maximum Gasteiger partial charge on any atom is 0.131 e. The summed E-state index contributed by atoms with van der Waals surface area (Å²) >= 11 is 0. The van der Waals surface area contributed by atoms with Crippen molar-refractivity contribution in [3.63, 3.8) is 0 Å². The second kappa shape index (κ2) is 7.89. The van der Waals surface area contributed by atoms with Crippen molar-refractivity contribution in [1.82, 2.24) is 0 Å². The number of rotatable bonds is 6. The molecule has 0 aromatic heterocycles. The van der Waals surface area contributed by atoms with Gasteiger partial charge in [-0.05, 0) is 48.2 Å². The SMILES string of the molecule is CC(C)c1ccc(Oc2cccc(O[C@@H](C)c3ccccc3)c2)cc1. The van der Waals surface area contributed by atoms with Crippen LogP contribution in [0.4, 0.5) is 0 Å². The van der Waals surface area contributed by atoms with Gasteiger partial charge < -0.3 is 9.47 Å². The Morgan fingerprint density at radius 2 is 1.28 bits per heavy atom. The standard InChI is InChI=1S/C23H24O2/c1-17(2)19-12-14-21(15-13-19)25-23-11-7-10-22(16-23)24-18(3)20-8-5-4-6-9-20/h4-18H,1-3H3/t18-/m0/s1. The molecule has 1 atom stereocenters. The molecule has 3 aromatic carbocycles. The molecule has 2 heteroatoms. The molecule has 0 radical (unpaired) electrons. The van der Waals surface area contributed by atoms with Gasteiger partial charge in [0.15, 0.2) is 0 Å². The van der Waals surface area contributed by atoms with Gasteiger partial charge in [-0.2, -0.15) is 0 Å². The van der Waals surface area contributed by atoms with Crippen LogP contribution in [0.5, 0.6) is 17.2 Å². The highest BCUT2D eigenvalue weighted by Gasteiger charge is 2.08. The van der Waals surface area contributed by atoms with Crippen molar-refractivity contribution < 1.29 is 9.47 Å². The molecule has 0 saturated carbocycles. The smallest absolute Gasteiger partial charge is 0.131 e. The van der Waals surface area contributed by atoms with E-state index in [1.165, 1.54) is 5.56 Å². The molecule has 0 saturated heterocycles. The molecule has 2 nitrogen and oxygen atoms in total. The van der Waals surface area contributed by atoms with E-state index in [0.29, 0.717) is 5.92 Å². The summed E-state index contributed by atoms with van der Waals surface area (Å²) in [5, 5.41) is 0. The van der Waals surface area contributed by atoms with E-state index in [-0.39, 0.29) is 6.10 Å². The third-order valence-corrected chi connectivity index (χ3v) is 4.17. The average molecular weight is 332 g/mol. The molecule has 0 spiro atoms. The summed E-state index contributed by atoms with van der Waals surface area (Å²) in [6.45, 7) is 6.42. The first-order valence-electron chi connectivity index (χ1n) is 8.71. The molecule has 0 aliphatic rings. The average Bonchev–Trinajstić information content (AvgIpc) is 2.63. The Labute approximate surface area is 150 Å². The maximum atomic E-state index is 6.05. The van der Waals surface area contributed by atoms with Crippen LogP contribution >= 0.6 is 0 Å². The van der Waals surface area contributed by atoms with Crippen LogP contribution in [0.2, 0.25) is 0 Å². The van der Waals surface area contributed by atoms with Crippen LogP contribution in [0.3, 0.4) is 0 Å². The van der Waals surface area contributed by atoms with Crippen molar-refractivity contribution >= 4 is 0 Å². The number of benzene rings is 3. The number of ether oxygens (including phenoxy) is 2. The van der Waals surface area contributed by atoms with Crippen molar-refractivity contribution in [2.45, 2.75) is 32.8 Å². The highest BCUT2D eigenvalue weighted by Crippen LogP contribution is 2.29. The van der Waals surface area contributed by atoms with Crippen LogP contribution in [0.15, 0.2) is 78.9 Å². The quantitative estimate of drug-likeness (QED) is 0.497. The predicted octanol–water partition coefficient (Wildman–Crippen LogP) is 6.74. The monoisotopic (exact) mass is 332 g/mol. The first-order valence-corrected chi connectivity index (χ1v) is 8.71. The second-order valence-corrected chi connectivity index (χ2v) is 6.47. The normalized spacial score (nSPS) is 12.0. The largest absolute Gasteiger partial charge is 0.486 e. The zero-order valence-corrected chi connectivity index (χ0v) is 15.0. The zero-order valence-electron chi connectivity index (χ0n) is 15.0. The van der Waals surface area contributed by atoms with Gasteiger partial charge in [-0.3, -0.25) is 0 Å². The Morgan fingerprint density at radius 3 is 1.96 bits per heavy atom. The van der Waals surface area contributed by atoms with Crippen LogP contribution in [-0.4, -0.2) is 0 Å². The van der Waals surface area contributed by atoms with E-state index in [2.05, 4.69) is 38.1 Å². The molecular weight excluding hydrogens is 308 g/mol. The molecule has 0 bridgehead atoms. The van der Waals surface area contributed by atoms with Gasteiger partial charge in [-0.15, -0.1) is 0 Å². The first-order chi connectivity index (χ1) is 12.1. The van der Waals surface area contributed by atoms with Gasteiger partial charge in [0, 0.05) is 6.07 Å². The molecule has 0 N–H and O–H groups in total. The third-order valence-electron chi connectivity index (χ3n) is 4.17. The summed E-state index contributed by atoms with van der Waals surface area (Å²) in [4.78, 5) is 0. The zero-order chi connectivity index (χ0) is 17.6. The molecule has 3 aromatic rings. The fraction of sp³-hybridized carbons (Fsp3) is 0.217. The van der Waals surface area contributed by atoms with Gasteiger partial charge in [0.2, 0.25) is 0 Å². The lowest BCUT2D eigenvalue weighted by atomic mass is 10.0. The topological polar surface area (TPSA) is 18.5 Å². The van der Waals surface area contributed by atoms with E-state index < -0.39 is 0 Å². The lowest BCUT2D eigenvalue weighted by molar-refractivity contribution is 0.226. The lowest BCUT2D eigenvalue weighted by Gasteiger charge is -2.16. The van der Waals surface area contributed by atoms with E-state index in [9.17, 15) is 0 Å². The van der Waals surface area contributed by atoms with Gasteiger partial charge in [-0.1, -0.05) is 62.4 Å². The van der Waals surface area contributed by atoms with Gasteiger partial charge in [0.25, 0.3) is 0 Å². The molecule has 0 aliphatic heterocycles. The van der Waals surface area contributed by atoms with Crippen LogP contribution in [0, 0.1) is 0 Å². The molecule has 0 fully saturated rings. The fourth-order valence-electron chi connectivity index (χ4n) is 2.66. The van der Waals surface area contributed by atoms with Crippen LogP contribution < -0.4 is 9.47 Å². The summed E-state index contributed by atoms with van der Waals surface area (Å²) in [6, 6.07) is 26.2. The van der Waals surface area contributed by atoms with Crippen molar-refractivity contribution in [1.29, 1.82) is 0 Å². The first kappa shape index (κ1) is 17.1. The van der Waals surface area contributed by atoms with Gasteiger partial charge in [-0.25, -0.2) is 0 Å². The van der Waals surface area contributed by atoms with Gasteiger partial charge in [0.05, 0.1) is 0 Å². The maximum absolute atomic E-state index is 6.05. The number of hydrogen-bond acceptors (Lipinski definition) is 2. The summed E-state index contributed by atoms with van der Waals surface area (Å²) in [7, 11) is 0. The van der Waals surface area contributed by atoms with Crippen LogP contribution in [-0.2, 0) is 0 Å². The minimum atomic E-state index is -0.0122. The molecule has 0 heterocycles. The Morgan fingerprint density at radius 1 is 0.600 bits per heavy atom. The Hall–Kier alpha value is -2.74. The molecule has 0 aliphatic carbocycles. The van der Waals surface area contributed by atoms with E-state index >= 15 is 0 Å². The van der Waals surface area contributed by atoms with Crippen molar-refractivity contribution in [3.05, 3.63) is 90.0 Å². The molecule has 0 unspecified atom stereocenters. The van der Waals surface area contributed by atoms with Crippen molar-refractivity contribution in [3.8, 4) is 17.2 Å². The lowest BCUT2D eigenvalue weighted by Crippen LogP contribution is -2.02. The van der Waals surface area contributed by atoms with Crippen molar-refractivity contribution in [2.75, 3.05) is 0 Å². The van der Waals surface area contributed by atoms with E-state index in [1.807, 2.05) is 61.5 Å².